The molecule has 0 bridgehead atoms. The summed E-state index contributed by atoms with van der Waals surface area (Å²) in [5.74, 6) is 0.963. The van der Waals surface area contributed by atoms with Crippen LogP contribution in [0.4, 0.5) is 5.69 Å². The molecule has 0 aromatic heterocycles. The van der Waals surface area contributed by atoms with Crippen molar-refractivity contribution in [2.75, 3.05) is 18.0 Å². The first-order valence-electron chi connectivity index (χ1n) is 4.12. The minimum absolute atomic E-state index is 0.706. The maximum atomic E-state index is 5.98. The summed E-state index contributed by atoms with van der Waals surface area (Å²) in [5, 5.41) is 0.724. The van der Waals surface area contributed by atoms with Crippen LogP contribution in [0.15, 0.2) is 23.1 Å². The highest BCUT2D eigenvalue weighted by molar-refractivity contribution is 7.99. The van der Waals surface area contributed by atoms with Crippen molar-refractivity contribution in [2.45, 2.75) is 11.3 Å². The molecule has 0 unspecified atom stereocenters. The number of nitrogens with two attached hydrogens (primary N) is 2. The molecular weight excluding hydrogens is 204 g/mol. The fourth-order valence-electron chi connectivity index (χ4n) is 0.935. The van der Waals surface area contributed by atoms with E-state index in [1.807, 2.05) is 18.2 Å². The zero-order chi connectivity index (χ0) is 9.68. The molecule has 0 spiro atoms. The van der Waals surface area contributed by atoms with Gasteiger partial charge in [-0.1, -0.05) is 17.7 Å². The van der Waals surface area contributed by atoms with Gasteiger partial charge in [-0.3, -0.25) is 0 Å². The molecular formula is C9H13ClN2S. The average molecular weight is 217 g/mol. The van der Waals surface area contributed by atoms with Crippen LogP contribution >= 0.6 is 23.4 Å². The molecule has 0 saturated heterocycles. The zero-order valence-electron chi connectivity index (χ0n) is 7.29. The molecule has 0 aliphatic heterocycles. The minimum Gasteiger partial charge on any atom is -0.398 e. The van der Waals surface area contributed by atoms with Crippen molar-refractivity contribution in [3.63, 3.8) is 0 Å². The third kappa shape index (κ3) is 3.10. The smallest absolute Gasteiger partial charge is 0.0562 e. The highest BCUT2D eigenvalue weighted by Crippen LogP contribution is 2.32. The lowest BCUT2D eigenvalue weighted by molar-refractivity contribution is 0.943. The van der Waals surface area contributed by atoms with E-state index in [9.17, 15) is 0 Å². The molecule has 4 heteroatoms. The van der Waals surface area contributed by atoms with Crippen LogP contribution in [0.5, 0.6) is 0 Å². The summed E-state index contributed by atoms with van der Waals surface area (Å²) in [6.07, 6.45) is 0.981. The lowest BCUT2D eigenvalue weighted by Crippen LogP contribution is -1.99. The second-order valence-corrected chi connectivity index (χ2v) is 4.16. The molecule has 0 aliphatic carbocycles. The van der Waals surface area contributed by atoms with Gasteiger partial charge in [0, 0.05) is 10.6 Å². The summed E-state index contributed by atoms with van der Waals surface area (Å²) in [7, 11) is 0. The number of nitrogen functional groups attached to an aromatic ring is 1. The lowest BCUT2D eigenvalue weighted by atomic mass is 10.3. The fourth-order valence-corrected chi connectivity index (χ4v) is 2.24. The monoisotopic (exact) mass is 216 g/mol. The van der Waals surface area contributed by atoms with Crippen LogP contribution in [0.1, 0.15) is 6.42 Å². The molecule has 0 fully saturated rings. The Hall–Kier alpha value is -0.380. The highest BCUT2D eigenvalue weighted by Gasteiger charge is 2.03. The van der Waals surface area contributed by atoms with Crippen LogP contribution in [0.2, 0.25) is 5.02 Å². The molecule has 0 amide bonds. The summed E-state index contributed by atoms with van der Waals surface area (Å²) in [4.78, 5) is 0.970. The van der Waals surface area contributed by atoms with E-state index in [-0.39, 0.29) is 0 Å². The van der Waals surface area contributed by atoms with Gasteiger partial charge in [0.25, 0.3) is 0 Å². The van der Waals surface area contributed by atoms with Crippen molar-refractivity contribution in [1.82, 2.24) is 0 Å². The summed E-state index contributed by atoms with van der Waals surface area (Å²) in [5.41, 5.74) is 11.9. The molecule has 0 heterocycles. The van der Waals surface area contributed by atoms with Crippen molar-refractivity contribution in [2.24, 2.45) is 5.73 Å². The predicted octanol–water partition coefficient (Wildman–Crippen LogP) is 2.36. The Morgan fingerprint density at radius 2 is 2.15 bits per heavy atom. The van der Waals surface area contributed by atoms with Crippen LogP contribution in [0.25, 0.3) is 0 Å². The largest absolute Gasteiger partial charge is 0.398 e. The normalized spacial score (nSPS) is 10.3. The number of halogens is 1. The first kappa shape index (κ1) is 10.7. The Balaban J connectivity index is 2.64. The maximum Gasteiger partial charge on any atom is 0.0562 e. The molecule has 1 rings (SSSR count). The molecule has 0 saturated carbocycles. The van der Waals surface area contributed by atoms with Gasteiger partial charge >= 0.3 is 0 Å². The van der Waals surface area contributed by atoms with E-state index < -0.39 is 0 Å². The molecule has 0 radical (unpaired) electrons. The fraction of sp³-hybridized carbons (Fsp3) is 0.333. The Kier molecular flexibility index (Phi) is 4.42. The second-order valence-electron chi connectivity index (χ2n) is 2.65. The summed E-state index contributed by atoms with van der Waals surface area (Å²) >= 11 is 7.64. The number of thioether (sulfide) groups is 1. The summed E-state index contributed by atoms with van der Waals surface area (Å²) < 4.78 is 0. The van der Waals surface area contributed by atoms with Crippen molar-refractivity contribution < 1.29 is 0 Å². The number of rotatable bonds is 4. The van der Waals surface area contributed by atoms with Crippen LogP contribution in [-0.2, 0) is 0 Å². The number of hydrogen-bond acceptors (Lipinski definition) is 3. The first-order valence-corrected chi connectivity index (χ1v) is 5.49. The standard InChI is InChI=1S/C9H13ClN2S/c10-7-3-1-4-8(12)9(7)13-6-2-5-11/h1,3-4H,2,5-6,11-12H2. The Bertz CT molecular complexity index is 258. The van der Waals surface area contributed by atoms with Crippen molar-refractivity contribution >= 4 is 29.1 Å². The van der Waals surface area contributed by atoms with E-state index in [2.05, 4.69) is 0 Å². The van der Waals surface area contributed by atoms with E-state index in [0.29, 0.717) is 6.54 Å². The molecule has 2 nitrogen and oxygen atoms in total. The quantitative estimate of drug-likeness (QED) is 0.462. The summed E-state index contributed by atoms with van der Waals surface area (Å²) in [6, 6.07) is 5.56. The van der Waals surface area contributed by atoms with Gasteiger partial charge in [-0.05, 0) is 30.9 Å². The van der Waals surface area contributed by atoms with Gasteiger partial charge in [0.05, 0.1) is 5.02 Å². The van der Waals surface area contributed by atoms with E-state index in [1.165, 1.54) is 0 Å². The highest BCUT2D eigenvalue weighted by atomic mass is 35.5. The third-order valence-corrected chi connectivity index (χ3v) is 3.26. The number of anilines is 1. The second kappa shape index (κ2) is 5.37. The van der Waals surface area contributed by atoms with Crippen LogP contribution < -0.4 is 11.5 Å². The van der Waals surface area contributed by atoms with E-state index in [4.69, 9.17) is 23.1 Å². The molecule has 4 N–H and O–H groups in total. The van der Waals surface area contributed by atoms with Gasteiger partial charge in [-0.2, -0.15) is 0 Å². The van der Waals surface area contributed by atoms with Gasteiger partial charge < -0.3 is 11.5 Å². The SMILES string of the molecule is NCCCSc1c(N)cccc1Cl. The summed E-state index contributed by atoms with van der Waals surface area (Å²) in [6.45, 7) is 0.706. The van der Waals surface area contributed by atoms with Crippen LogP contribution in [0.3, 0.4) is 0 Å². The molecule has 13 heavy (non-hydrogen) atoms. The van der Waals surface area contributed by atoms with Gasteiger partial charge in [0.15, 0.2) is 0 Å². The Morgan fingerprint density at radius 3 is 2.77 bits per heavy atom. The minimum atomic E-state index is 0.706. The average Bonchev–Trinajstić information content (AvgIpc) is 2.10. The van der Waals surface area contributed by atoms with E-state index in [0.717, 1.165) is 27.8 Å². The number of benzene rings is 1. The third-order valence-electron chi connectivity index (χ3n) is 1.59. The molecule has 72 valence electrons. The van der Waals surface area contributed by atoms with Gasteiger partial charge in [-0.15, -0.1) is 11.8 Å². The van der Waals surface area contributed by atoms with Crippen LogP contribution in [0, 0.1) is 0 Å². The topological polar surface area (TPSA) is 52.0 Å². The molecule has 0 atom stereocenters. The molecule has 0 aliphatic rings. The Labute approximate surface area is 87.6 Å². The van der Waals surface area contributed by atoms with Crippen molar-refractivity contribution in [1.29, 1.82) is 0 Å². The molecule has 1 aromatic carbocycles. The number of hydrogen-bond donors (Lipinski definition) is 2. The van der Waals surface area contributed by atoms with Gasteiger partial charge in [0.2, 0.25) is 0 Å². The van der Waals surface area contributed by atoms with Crippen LogP contribution in [-0.4, -0.2) is 12.3 Å². The van der Waals surface area contributed by atoms with Crippen molar-refractivity contribution in [3.8, 4) is 0 Å². The van der Waals surface area contributed by atoms with Gasteiger partial charge in [-0.25, -0.2) is 0 Å². The van der Waals surface area contributed by atoms with Gasteiger partial charge in [0.1, 0.15) is 0 Å². The van der Waals surface area contributed by atoms with Crippen molar-refractivity contribution in [3.05, 3.63) is 23.2 Å². The molecule has 1 aromatic rings. The predicted molar refractivity (Wildman–Crippen MR) is 60.3 cm³/mol. The van der Waals surface area contributed by atoms with E-state index >= 15 is 0 Å². The van der Waals surface area contributed by atoms with E-state index in [1.54, 1.807) is 11.8 Å². The maximum absolute atomic E-state index is 5.98. The Morgan fingerprint density at radius 1 is 1.38 bits per heavy atom. The first-order chi connectivity index (χ1) is 6.25. The zero-order valence-corrected chi connectivity index (χ0v) is 8.87. The lowest BCUT2D eigenvalue weighted by Gasteiger charge is -2.06.